The molecular formula is C43H25ClOS. The molecule has 3 heteroatoms. The van der Waals surface area contributed by atoms with Crippen molar-refractivity contribution in [1.29, 1.82) is 0 Å². The van der Waals surface area contributed by atoms with Gasteiger partial charge in [0.2, 0.25) is 0 Å². The molecule has 1 spiro atoms. The molecule has 1 nitrogen and oxygen atoms in total. The molecule has 1 aliphatic carbocycles. The largest absolute Gasteiger partial charge is 0.456 e. The number of halogens is 1. The summed E-state index contributed by atoms with van der Waals surface area (Å²) >= 11 is 8.96. The van der Waals surface area contributed by atoms with Gasteiger partial charge in [-0.15, -0.1) is 11.3 Å². The molecule has 46 heavy (non-hydrogen) atoms. The highest BCUT2D eigenvalue weighted by Crippen LogP contribution is 2.63. The summed E-state index contributed by atoms with van der Waals surface area (Å²) in [6.07, 6.45) is 0. The van der Waals surface area contributed by atoms with Gasteiger partial charge < -0.3 is 4.74 Å². The Bertz CT molecular complexity index is 2490. The maximum absolute atomic E-state index is 7.10. The van der Waals surface area contributed by atoms with Crippen LogP contribution in [0.15, 0.2) is 152 Å². The van der Waals surface area contributed by atoms with Crippen molar-refractivity contribution < 1.29 is 4.74 Å². The van der Waals surface area contributed by atoms with E-state index in [1.165, 1.54) is 53.6 Å². The lowest BCUT2D eigenvalue weighted by Gasteiger charge is -2.40. The van der Waals surface area contributed by atoms with Crippen molar-refractivity contribution in [2.24, 2.45) is 0 Å². The quantitative estimate of drug-likeness (QED) is 0.186. The number of ether oxygens (including phenoxy) is 1. The first-order chi connectivity index (χ1) is 22.7. The summed E-state index contributed by atoms with van der Waals surface area (Å²) in [5.74, 6) is 1.73. The Balaban J connectivity index is 1.24. The van der Waals surface area contributed by atoms with Gasteiger partial charge >= 0.3 is 0 Å². The average Bonchev–Trinajstić information content (AvgIpc) is 3.63. The smallest absolute Gasteiger partial charge is 0.140 e. The molecule has 10 rings (SSSR count). The van der Waals surface area contributed by atoms with Crippen LogP contribution in [0, 0.1) is 0 Å². The van der Waals surface area contributed by atoms with Crippen LogP contribution in [0.4, 0.5) is 0 Å². The van der Waals surface area contributed by atoms with E-state index < -0.39 is 5.41 Å². The van der Waals surface area contributed by atoms with Crippen LogP contribution in [-0.4, -0.2) is 0 Å². The molecule has 0 atom stereocenters. The van der Waals surface area contributed by atoms with Gasteiger partial charge in [0.1, 0.15) is 11.5 Å². The van der Waals surface area contributed by atoms with Crippen molar-refractivity contribution in [3.63, 3.8) is 0 Å². The highest BCUT2D eigenvalue weighted by atomic mass is 35.5. The molecule has 7 aromatic carbocycles. The fourth-order valence-corrected chi connectivity index (χ4v) is 9.42. The molecule has 0 amide bonds. The third-order valence-electron chi connectivity index (χ3n) is 9.80. The van der Waals surface area contributed by atoms with Crippen molar-refractivity contribution >= 4 is 43.1 Å². The summed E-state index contributed by atoms with van der Waals surface area (Å²) in [6, 6.07) is 54.4. The summed E-state index contributed by atoms with van der Waals surface area (Å²) in [4.78, 5) is 0. The number of para-hydroxylation sites is 1. The lowest BCUT2D eigenvalue weighted by Crippen LogP contribution is -2.32. The minimum atomic E-state index is -0.558. The van der Waals surface area contributed by atoms with Gasteiger partial charge in [-0.3, -0.25) is 0 Å². The van der Waals surface area contributed by atoms with Crippen LogP contribution in [0.25, 0.3) is 53.6 Å². The average molecular weight is 625 g/mol. The van der Waals surface area contributed by atoms with Gasteiger partial charge in [-0.1, -0.05) is 133 Å². The van der Waals surface area contributed by atoms with Gasteiger partial charge in [0.25, 0.3) is 0 Å². The summed E-state index contributed by atoms with van der Waals surface area (Å²) in [5, 5.41) is 3.29. The molecule has 216 valence electrons. The molecule has 0 saturated carbocycles. The maximum atomic E-state index is 7.10. The minimum absolute atomic E-state index is 0.558. The van der Waals surface area contributed by atoms with Crippen LogP contribution in [0.3, 0.4) is 0 Å². The first-order valence-electron chi connectivity index (χ1n) is 15.5. The molecule has 2 heterocycles. The van der Waals surface area contributed by atoms with Gasteiger partial charge in [0.15, 0.2) is 0 Å². The third kappa shape index (κ3) is 3.46. The molecule has 0 bridgehead atoms. The highest BCUT2D eigenvalue weighted by molar-refractivity contribution is 7.26. The van der Waals surface area contributed by atoms with Gasteiger partial charge in [0, 0.05) is 41.9 Å². The van der Waals surface area contributed by atoms with Crippen LogP contribution in [0.1, 0.15) is 22.3 Å². The Kier molecular flexibility index (Phi) is 5.49. The van der Waals surface area contributed by atoms with E-state index in [1.54, 1.807) is 0 Å². The maximum Gasteiger partial charge on any atom is 0.140 e. The van der Waals surface area contributed by atoms with Gasteiger partial charge in [-0.25, -0.2) is 0 Å². The summed E-state index contributed by atoms with van der Waals surface area (Å²) in [6.45, 7) is 0. The predicted octanol–water partition coefficient (Wildman–Crippen LogP) is 12.5. The molecule has 1 aliphatic heterocycles. The number of fused-ring (bicyclic) bond motifs is 12. The molecule has 1 aromatic heterocycles. The van der Waals surface area contributed by atoms with E-state index >= 15 is 0 Å². The van der Waals surface area contributed by atoms with E-state index in [-0.39, 0.29) is 0 Å². The van der Waals surface area contributed by atoms with E-state index in [4.69, 9.17) is 16.3 Å². The fourth-order valence-electron chi connectivity index (χ4n) is 7.96. The molecular weight excluding hydrogens is 600 g/mol. The summed E-state index contributed by atoms with van der Waals surface area (Å²) < 4.78 is 9.54. The van der Waals surface area contributed by atoms with Crippen molar-refractivity contribution in [2.75, 3.05) is 0 Å². The first-order valence-corrected chi connectivity index (χ1v) is 16.7. The first kappa shape index (κ1) is 26.1. The lowest BCUT2D eigenvalue weighted by atomic mass is 9.65. The van der Waals surface area contributed by atoms with Crippen LogP contribution in [0.2, 0.25) is 5.02 Å². The molecule has 0 N–H and O–H groups in total. The second-order valence-electron chi connectivity index (χ2n) is 12.1. The Morgan fingerprint density at radius 3 is 1.89 bits per heavy atom. The normalized spacial score (nSPS) is 13.7. The van der Waals surface area contributed by atoms with Crippen molar-refractivity contribution in [3.05, 3.63) is 179 Å². The van der Waals surface area contributed by atoms with Crippen molar-refractivity contribution in [1.82, 2.24) is 0 Å². The monoisotopic (exact) mass is 624 g/mol. The molecule has 0 saturated heterocycles. The number of rotatable bonds is 2. The van der Waals surface area contributed by atoms with Crippen LogP contribution in [-0.2, 0) is 5.41 Å². The van der Waals surface area contributed by atoms with E-state index in [0.717, 1.165) is 33.8 Å². The van der Waals surface area contributed by atoms with E-state index in [2.05, 4.69) is 152 Å². The Morgan fingerprint density at radius 2 is 1.09 bits per heavy atom. The van der Waals surface area contributed by atoms with Gasteiger partial charge in [-0.2, -0.15) is 0 Å². The zero-order chi connectivity index (χ0) is 30.4. The SMILES string of the molecule is Clc1cc(-c2cccc(-c3cccc4c3sc3ccccc34)c2)c2c(c1)C1(c3ccccc3O2)c2ccccc2-c2ccccc21. The van der Waals surface area contributed by atoms with Gasteiger partial charge in [-0.05, 0) is 69.3 Å². The highest BCUT2D eigenvalue weighted by Gasteiger charge is 2.51. The lowest BCUT2D eigenvalue weighted by molar-refractivity contribution is 0.438. The third-order valence-corrected chi connectivity index (χ3v) is 11.2. The number of thiophene rings is 1. The minimum Gasteiger partial charge on any atom is -0.456 e. The topological polar surface area (TPSA) is 9.23 Å². The van der Waals surface area contributed by atoms with Crippen LogP contribution in [0.5, 0.6) is 11.5 Å². The predicted molar refractivity (Wildman–Crippen MR) is 193 cm³/mol. The second-order valence-corrected chi connectivity index (χ2v) is 13.6. The zero-order valence-corrected chi connectivity index (χ0v) is 26.2. The number of hydrogen-bond donors (Lipinski definition) is 0. The number of benzene rings is 7. The molecule has 8 aromatic rings. The molecule has 0 fully saturated rings. The Hall–Kier alpha value is -5.15. The Morgan fingerprint density at radius 1 is 0.478 bits per heavy atom. The van der Waals surface area contributed by atoms with Gasteiger partial charge in [0.05, 0.1) is 5.41 Å². The summed E-state index contributed by atoms with van der Waals surface area (Å²) in [5.41, 5.74) is 11.1. The molecule has 2 aliphatic rings. The van der Waals surface area contributed by atoms with E-state index in [9.17, 15) is 0 Å². The molecule has 0 radical (unpaired) electrons. The van der Waals surface area contributed by atoms with E-state index in [1.807, 2.05) is 11.3 Å². The van der Waals surface area contributed by atoms with Crippen molar-refractivity contribution in [2.45, 2.75) is 5.41 Å². The van der Waals surface area contributed by atoms with Crippen LogP contribution >= 0.6 is 22.9 Å². The second kappa shape index (κ2) is 9.67. The standard InChI is InChI=1S/C43H25ClOS/c44-28-24-34(27-12-9-11-26(23-27)29-16-10-17-33-32-15-3-8-22-40(32)46-42(29)33)41-38(25-28)43(37-20-6-7-21-39(37)45-41)35-18-4-1-13-30(35)31-14-2-5-19-36(31)43/h1-25H. The molecule has 0 unspecified atom stereocenters. The van der Waals surface area contributed by atoms with E-state index in [0.29, 0.717) is 5.02 Å². The number of hydrogen-bond acceptors (Lipinski definition) is 2. The Labute approximate surface area is 275 Å². The fraction of sp³-hybridized carbons (Fsp3) is 0.0233. The summed E-state index contributed by atoms with van der Waals surface area (Å²) in [7, 11) is 0. The van der Waals surface area contributed by atoms with Crippen molar-refractivity contribution in [3.8, 4) is 44.9 Å². The van der Waals surface area contributed by atoms with Crippen LogP contribution < -0.4 is 4.74 Å². The zero-order valence-electron chi connectivity index (χ0n) is 24.6.